The summed E-state index contributed by atoms with van der Waals surface area (Å²) < 4.78 is 0. The first-order valence-electron chi connectivity index (χ1n) is 11.8. The quantitative estimate of drug-likeness (QED) is 0.467. The minimum atomic E-state index is 0.439. The Kier molecular flexibility index (Phi) is 5.25. The van der Waals surface area contributed by atoms with Crippen LogP contribution in [0.15, 0.2) is 108 Å². The SMILES string of the molecule is C(=N\N1CC[NH+](C2c3ccccc3-c3ccccc32)CC1)/c1ccc(-c2ccccc2)cc1. The van der Waals surface area contributed by atoms with E-state index in [2.05, 4.69) is 108 Å². The van der Waals surface area contributed by atoms with Crippen LogP contribution in [0.1, 0.15) is 22.7 Å². The molecule has 0 amide bonds. The Bertz CT molecular complexity index is 1220. The summed E-state index contributed by atoms with van der Waals surface area (Å²) in [4.78, 5) is 1.64. The van der Waals surface area contributed by atoms with Crippen LogP contribution in [0.25, 0.3) is 22.3 Å². The molecule has 0 saturated carbocycles. The second kappa shape index (κ2) is 8.68. The number of hydrazone groups is 1. The van der Waals surface area contributed by atoms with E-state index in [1.165, 1.54) is 33.4 Å². The lowest BCUT2D eigenvalue weighted by molar-refractivity contribution is -0.929. The van der Waals surface area contributed by atoms with Gasteiger partial charge in [0.2, 0.25) is 0 Å². The number of quaternary nitrogens is 1. The predicted octanol–water partition coefficient (Wildman–Crippen LogP) is 4.66. The van der Waals surface area contributed by atoms with Gasteiger partial charge in [0.1, 0.15) is 6.04 Å². The van der Waals surface area contributed by atoms with Crippen LogP contribution in [0, 0.1) is 0 Å². The van der Waals surface area contributed by atoms with Crippen molar-refractivity contribution in [3.05, 3.63) is 120 Å². The zero-order chi connectivity index (χ0) is 22.0. The van der Waals surface area contributed by atoms with Crippen molar-refractivity contribution >= 4 is 6.21 Å². The molecule has 4 aromatic rings. The molecular formula is C30H28N3+. The number of benzene rings is 4. The second-order valence-corrected chi connectivity index (χ2v) is 8.95. The topological polar surface area (TPSA) is 20.0 Å². The van der Waals surface area contributed by atoms with Crippen molar-refractivity contribution in [2.24, 2.45) is 5.10 Å². The van der Waals surface area contributed by atoms with E-state index < -0.39 is 0 Å². The summed E-state index contributed by atoms with van der Waals surface area (Å²) >= 11 is 0. The monoisotopic (exact) mass is 430 g/mol. The van der Waals surface area contributed by atoms with E-state index in [0.29, 0.717) is 6.04 Å². The lowest BCUT2D eigenvalue weighted by atomic mass is 10.0. The molecule has 1 heterocycles. The molecule has 1 saturated heterocycles. The molecule has 0 radical (unpaired) electrons. The average Bonchev–Trinajstić information content (AvgIpc) is 3.23. The van der Waals surface area contributed by atoms with Gasteiger partial charge in [0.25, 0.3) is 0 Å². The fourth-order valence-corrected chi connectivity index (χ4v) is 5.32. The molecule has 4 aromatic carbocycles. The highest BCUT2D eigenvalue weighted by atomic mass is 15.5. The van der Waals surface area contributed by atoms with Crippen molar-refractivity contribution in [3.63, 3.8) is 0 Å². The Morgan fingerprint density at radius 3 is 1.82 bits per heavy atom. The molecule has 0 atom stereocenters. The van der Waals surface area contributed by atoms with E-state index in [4.69, 9.17) is 5.10 Å². The van der Waals surface area contributed by atoms with Gasteiger partial charge in [-0.3, -0.25) is 5.01 Å². The lowest BCUT2D eigenvalue weighted by Gasteiger charge is -2.34. The van der Waals surface area contributed by atoms with Crippen LogP contribution in [-0.4, -0.2) is 37.4 Å². The summed E-state index contributed by atoms with van der Waals surface area (Å²) in [6.07, 6.45) is 2.00. The highest BCUT2D eigenvalue weighted by Crippen LogP contribution is 2.41. The van der Waals surface area contributed by atoms with Crippen LogP contribution in [0.5, 0.6) is 0 Å². The molecule has 1 fully saturated rings. The third-order valence-corrected chi connectivity index (χ3v) is 7.01. The van der Waals surface area contributed by atoms with E-state index in [1.807, 2.05) is 6.21 Å². The lowest BCUT2D eigenvalue weighted by Crippen LogP contribution is -3.14. The third kappa shape index (κ3) is 3.85. The van der Waals surface area contributed by atoms with E-state index in [1.54, 1.807) is 4.90 Å². The number of piperazine rings is 1. The zero-order valence-corrected chi connectivity index (χ0v) is 18.7. The van der Waals surface area contributed by atoms with Gasteiger partial charge in [-0.1, -0.05) is 103 Å². The summed E-state index contributed by atoms with van der Waals surface area (Å²) in [7, 11) is 0. The maximum absolute atomic E-state index is 4.80. The highest BCUT2D eigenvalue weighted by molar-refractivity contribution is 5.81. The minimum absolute atomic E-state index is 0.439. The molecule has 6 rings (SSSR count). The van der Waals surface area contributed by atoms with Gasteiger partial charge < -0.3 is 4.90 Å². The molecule has 0 aromatic heterocycles. The van der Waals surface area contributed by atoms with Crippen molar-refractivity contribution in [3.8, 4) is 22.3 Å². The van der Waals surface area contributed by atoms with Crippen LogP contribution in [0.2, 0.25) is 0 Å². The molecule has 1 aliphatic heterocycles. The van der Waals surface area contributed by atoms with Gasteiger partial charge >= 0.3 is 0 Å². The molecular weight excluding hydrogens is 402 g/mol. The largest absolute Gasteiger partial charge is 0.322 e. The van der Waals surface area contributed by atoms with Crippen molar-refractivity contribution in [1.29, 1.82) is 0 Å². The minimum Gasteiger partial charge on any atom is -0.322 e. The van der Waals surface area contributed by atoms with Crippen molar-refractivity contribution in [1.82, 2.24) is 5.01 Å². The highest BCUT2D eigenvalue weighted by Gasteiger charge is 2.37. The molecule has 1 N–H and O–H groups in total. The number of nitrogens with zero attached hydrogens (tertiary/aromatic N) is 2. The number of nitrogens with one attached hydrogen (secondary N) is 1. The van der Waals surface area contributed by atoms with Crippen LogP contribution in [0.3, 0.4) is 0 Å². The molecule has 2 aliphatic rings. The molecule has 33 heavy (non-hydrogen) atoms. The molecule has 1 aliphatic carbocycles. The van der Waals surface area contributed by atoms with E-state index in [9.17, 15) is 0 Å². The predicted molar refractivity (Wildman–Crippen MR) is 135 cm³/mol. The molecule has 0 unspecified atom stereocenters. The van der Waals surface area contributed by atoms with E-state index in [-0.39, 0.29) is 0 Å². The number of rotatable bonds is 4. The van der Waals surface area contributed by atoms with Crippen molar-refractivity contribution in [2.45, 2.75) is 6.04 Å². The smallest absolute Gasteiger partial charge is 0.140 e. The zero-order valence-electron chi connectivity index (χ0n) is 18.7. The standard InChI is InChI=1S/C30H27N3/c1-2-8-24(9-3-1)25-16-14-23(15-17-25)22-31-33-20-18-32(19-21-33)30-28-12-6-4-10-26(28)27-11-5-7-13-29(27)30/h1-17,22,30H,18-21H2/p+1/b31-22+. The van der Waals surface area contributed by atoms with Gasteiger partial charge in [-0.05, 0) is 27.8 Å². The maximum Gasteiger partial charge on any atom is 0.140 e. The number of hydrogen-bond acceptors (Lipinski definition) is 2. The Morgan fingerprint density at radius 1 is 0.636 bits per heavy atom. The Labute approximate surface area is 195 Å². The van der Waals surface area contributed by atoms with Crippen molar-refractivity contribution in [2.75, 3.05) is 26.2 Å². The van der Waals surface area contributed by atoms with Gasteiger partial charge in [-0.25, -0.2) is 0 Å². The summed E-state index contributed by atoms with van der Waals surface area (Å²) in [5.41, 5.74) is 9.39. The molecule has 0 spiro atoms. The first kappa shape index (κ1) is 20.0. The normalized spacial score (nSPS) is 16.2. The van der Waals surface area contributed by atoms with Gasteiger partial charge in [0.05, 0.1) is 32.4 Å². The Balaban J connectivity index is 1.13. The summed E-state index contributed by atoms with van der Waals surface area (Å²) in [6, 6.07) is 37.5. The third-order valence-electron chi connectivity index (χ3n) is 7.01. The second-order valence-electron chi connectivity index (χ2n) is 8.95. The summed E-state index contributed by atoms with van der Waals surface area (Å²) in [5, 5.41) is 7.02. The van der Waals surface area contributed by atoms with Crippen LogP contribution >= 0.6 is 0 Å². The number of fused-ring (bicyclic) bond motifs is 3. The summed E-state index contributed by atoms with van der Waals surface area (Å²) in [6.45, 7) is 4.15. The van der Waals surface area contributed by atoms with Gasteiger partial charge in [-0.2, -0.15) is 5.10 Å². The fourth-order valence-electron chi connectivity index (χ4n) is 5.32. The fraction of sp³-hybridized carbons (Fsp3) is 0.167. The van der Waals surface area contributed by atoms with Crippen LogP contribution in [-0.2, 0) is 0 Å². The Hall–Kier alpha value is -3.69. The van der Waals surface area contributed by atoms with Gasteiger partial charge in [0.15, 0.2) is 0 Å². The first-order valence-corrected chi connectivity index (χ1v) is 11.8. The van der Waals surface area contributed by atoms with Crippen molar-refractivity contribution < 1.29 is 4.90 Å². The first-order chi connectivity index (χ1) is 16.4. The molecule has 3 heteroatoms. The molecule has 0 bridgehead atoms. The van der Waals surface area contributed by atoms with Gasteiger partial charge in [0, 0.05) is 11.1 Å². The van der Waals surface area contributed by atoms with E-state index >= 15 is 0 Å². The Morgan fingerprint density at radius 2 is 1.18 bits per heavy atom. The average molecular weight is 431 g/mol. The van der Waals surface area contributed by atoms with Gasteiger partial charge in [-0.15, -0.1) is 0 Å². The number of hydrogen-bond donors (Lipinski definition) is 1. The molecule has 162 valence electrons. The van der Waals surface area contributed by atoms with E-state index in [0.717, 1.165) is 31.7 Å². The molecule has 3 nitrogen and oxygen atoms in total. The maximum atomic E-state index is 4.80. The van der Waals surface area contributed by atoms with Crippen LogP contribution in [0.4, 0.5) is 0 Å². The van der Waals surface area contributed by atoms with Crippen LogP contribution < -0.4 is 4.90 Å². The summed E-state index contributed by atoms with van der Waals surface area (Å²) in [5.74, 6) is 0.